The van der Waals surface area contributed by atoms with Crippen LogP contribution in [-0.4, -0.2) is 47.9 Å². The smallest absolute Gasteiger partial charge is 0.139 e. The fourth-order valence-electron chi connectivity index (χ4n) is 3.33. The molecular formula is C15H23N5. The van der Waals surface area contributed by atoms with Crippen LogP contribution in [0.15, 0.2) is 12.1 Å². The summed E-state index contributed by atoms with van der Waals surface area (Å²) < 4.78 is 0. The van der Waals surface area contributed by atoms with Crippen molar-refractivity contribution >= 4 is 11.7 Å². The second-order valence-corrected chi connectivity index (χ2v) is 5.87. The van der Waals surface area contributed by atoms with Crippen molar-refractivity contribution in [3.8, 4) is 0 Å². The van der Waals surface area contributed by atoms with Crippen LogP contribution >= 0.6 is 0 Å². The van der Waals surface area contributed by atoms with Crippen molar-refractivity contribution in [1.29, 1.82) is 5.41 Å². The van der Waals surface area contributed by atoms with Gasteiger partial charge in [0.15, 0.2) is 0 Å². The maximum Gasteiger partial charge on any atom is 0.139 e. The first-order chi connectivity index (χ1) is 9.65. The van der Waals surface area contributed by atoms with Crippen LogP contribution in [0.3, 0.4) is 0 Å². The van der Waals surface area contributed by atoms with Crippen LogP contribution in [0.25, 0.3) is 0 Å². The first-order valence-corrected chi connectivity index (χ1v) is 7.46. The Morgan fingerprint density at radius 2 is 2.05 bits per heavy atom. The molecule has 2 saturated heterocycles. The molecule has 108 valence electrons. The minimum atomic E-state index is 0.108. The molecule has 1 atom stereocenters. The molecular weight excluding hydrogens is 250 g/mol. The number of nitrogens with zero attached hydrogens (tertiary/aromatic N) is 3. The summed E-state index contributed by atoms with van der Waals surface area (Å²) in [6.07, 6.45) is 3.85. The Kier molecular flexibility index (Phi) is 3.61. The van der Waals surface area contributed by atoms with E-state index >= 15 is 0 Å². The van der Waals surface area contributed by atoms with Gasteiger partial charge in [-0.25, -0.2) is 4.98 Å². The molecule has 0 radical (unpaired) electrons. The second-order valence-electron chi connectivity index (χ2n) is 5.87. The summed E-state index contributed by atoms with van der Waals surface area (Å²) in [6.45, 7) is 6.48. The molecule has 0 spiro atoms. The summed E-state index contributed by atoms with van der Waals surface area (Å²) in [5.41, 5.74) is 7.44. The number of likely N-dealkylation sites (tertiary alicyclic amines) is 1. The molecule has 3 heterocycles. The number of anilines is 1. The van der Waals surface area contributed by atoms with E-state index in [4.69, 9.17) is 11.1 Å². The molecule has 2 aliphatic heterocycles. The van der Waals surface area contributed by atoms with Crippen LogP contribution in [0.4, 0.5) is 5.82 Å². The Morgan fingerprint density at radius 3 is 2.75 bits per heavy atom. The lowest BCUT2D eigenvalue weighted by Crippen LogP contribution is -2.36. The standard InChI is InChI=1S/C15H23N5/c1-11-4-5-13(14(16)17)15(18-11)20-9-6-12(10-20)19-7-2-3-8-19/h4-5,12H,2-3,6-10H2,1H3,(H3,16,17). The fraction of sp³-hybridized carbons (Fsp3) is 0.600. The number of amidine groups is 1. The summed E-state index contributed by atoms with van der Waals surface area (Å²) in [4.78, 5) is 9.52. The second kappa shape index (κ2) is 5.40. The molecule has 2 aliphatic rings. The Bertz CT molecular complexity index is 507. The van der Waals surface area contributed by atoms with Gasteiger partial charge in [-0.05, 0) is 51.4 Å². The zero-order chi connectivity index (χ0) is 14.1. The molecule has 2 fully saturated rings. The van der Waals surface area contributed by atoms with Crippen LogP contribution in [0.2, 0.25) is 0 Å². The molecule has 1 aromatic rings. The van der Waals surface area contributed by atoms with Crippen LogP contribution in [0, 0.1) is 12.3 Å². The molecule has 0 aliphatic carbocycles. The van der Waals surface area contributed by atoms with Crippen LogP contribution in [-0.2, 0) is 0 Å². The zero-order valence-electron chi connectivity index (χ0n) is 12.1. The molecule has 0 aromatic carbocycles. The molecule has 0 amide bonds. The van der Waals surface area contributed by atoms with E-state index in [0.29, 0.717) is 6.04 Å². The maximum atomic E-state index is 7.73. The van der Waals surface area contributed by atoms with E-state index in [1.807, 2.05) is 19.1 Å². The Balaban J connectivity index is 1.80. The number of aromatic nitrogens is 1. The lowest BCUT2D eigenvalue weighted by molar-refractivity contribution is 0.260. The predicted molar refractivity (Wildman–Crippen MR) is 81.4 cm³/mol. The monoisotopic (exact) mass is 273 g/mol. The number of rotatable bonds is 3. The van der Waals surface area contributed by atoms with E-state index in [0.717, 1.165) is 30.2 Å². The highest BCUT2D eigenvalue weighted by Gasteiger charge is 2.31. The van der Waals surface area contributed by atoms with Crippen molar-refractivity contribution in [3.63, 3.8) is 0 Å². The van der Waals surface area contributed by atoms with E-state index in [1.54, 1.807) is 0 Å². The summed E-state index contributed by atoms with van der Waals surface area (Å²) in [6, 6.07) is 4.48. The summed E-state index contributed by atoms with van der Waals surface area (Å²) in [7, 11) is 0. The molecule has 3 rings (SSSR count). The molecule has 5 nitrogen and oxygen atoms in total. The molecule has 0 bridgehead atoms. The third-order valence-electron chi connectivity index (χ3n) is 4.42. The van der Waals surface area contributed by atoms with Crippen molar-refractivity contribution in [1.82, 2.24) is 9.88 Å². The number of pyridine rings is 1. The van der Waals surface area contributed by atoms with Crippen molar-refractivity contribution in [2.45, 2.75) is 32.2 Å². The van der Waals surface area contributed by atoms with Gasteiger partial charge in [0.2, 0.25) is 0 Å². The van der Waals surface area contributed by atoms with Gasteiger partial charge in [-0.2, -0.15) is 0 Å². The molecule has 20 heavy (non-hydrogen) atoms. The topological polar surface area (TPSA) is 69.2 Å². The first-order valence-electron chi connectivity index (χ1n) is 7.46. The van der Waals surface area contributed by atoms with Gasteiger partial charge in [-0.1, -0.05) is 0 Å². The fourth-order valence-corrected chi connectivity index (χ4v) is 3.33. The molecule has 3 N–H and O–H groups in total. The zero-order valence-corrected chi connectivity index (χ0v) is 12.1. The lowest BCUT2D eigenvalue weighted by Gasteiger charge is -2.25. The molecule has 1 unspecified atom stereocenters. The van der Waals surface area contributed by atoms with Crippen LogP contribution in [0.1, 0.15) is 30.5 Å². The van der Waals surface area contributed by atoms with Gasteiger partial charge < -0.3 is 10.6 Å². The molecule has 1 aromatic heterocycles. The predicted octanol–water partition coefficient (Wildman–Crippen LogP) is 1.35. The first kappa shape index (κ1) is 13.4. The van der Waals surface area contributed by atoms with E-state index in [-0.39, 0.29) is 5.84 Å². The minimum Gasteiger partial charge on any atom is -0.384 e. The Labute approximate surface area is 120 Å². The van der Waals surface area contributed by atoms with Gasteiger partial charge in [0, 0.05) is 24.8 Å². The highest BCUT2D eigenvalue weighted by atomic mass is 15.3. The van der Waals surface area contributed by atoms with Gasteiger partial charge in [-0.3, -0.25) is 10.3 Å². The van der Waals surface area contributed by atoms with Gasteiger partial charge in [0.1, 0.15) is 11.7 Å². The number of nitrogens with one attached hydrogen (secondary N) is 1. The lowest BCUT2D eigenvalue weighted by atomic mass is 10.2. The van der Waals surface area contributed by atoms with Gasteiger partial charge in [0.05, 0.1) is 5.56 Å². The van der Waals surface area contributed by atoms with Crippen LogP contribution in [0.5, 0.6) is 0 Å². The number of hydrogen-bond donors (Lipinski definition) is 2. The quantitative estimate of drug-likeness (QED) is 0.644. The highest BCUT2D eigenvalue weighted by molar-refractivity contribution is 5.99. The molecule has 5 heteroatoms. The van der Waals surface area contributed by atoms with E-state index in [1.165, 1.54) is 32.4 Å². The Hall–Kier alpha value is -1.62. The normalized spacial score (nSPS) is 23.4. The SMILES string of the molecule is Cc1ccc(C(=N)N)c(N2CCC(N3CCCC3)C2)n1. The van der Waals surface area contributed by atoms with E-state index in [2.05, 4.69) is 14.8 Å². The van der Waals surface area contributed by atoms with Crippen molar-refractivity contribution < 1.29 is 0 Å². The summed E-state index contributed by atoms with van der Waals surface area (Å²) in [5.74, 6) is 0.997. The van der Waals surface area contributed by atoms with Crippen molar-refractivity contribution in [3.05, 3.63) is 23.4 Å². The van der Waals surface area contributed by atoms with Gasteiger partial charge in [-0.15, -0.1) is 0 Å². The minimum absolute atomic E-state index is 0.108. The average molecular weight is 273 g/mol. The third-order valence-corrected chi connectivity index (χ3v) is 4.42. The Morgan fingerprint density at radius 1 is 1.30 bits per heavy atom. The number of nitrogens with two attached hydrogens (primary N) is 1. The highest BCUT2D eigenvalue weighted by Crippen LogP contribution is 2.26. The average Bonchev–Trinajstić information content (AvgIpc) is 3.09. The van der Waals surface area contributed by atoms with E-state index in [9.17, 15) is 0 Å². The van der Waals surface area contributed by atoms with Gasteiger partial charge >= 0.3 is 0 Å². The summed E-state index contributed by atoms with van der Waals surface area (Å²) >= 11 is 0. The van der Waals surface area contributed by atoms with Crippen molar-refractivity contribution in [2.24, 2.45) is 5.73 Å². The molecule has 0 saturated carbocycles. The largest absolute Gasteiger partial charge is 0.384 e. The number of aryl methyl sites for hydroxylation is 1. The van der Waals surface area contributed by atoms with Crippen LogP contribution < -0.4 is 10.6 Å². The van der Waals surface area contributed by atoms with Crippen molar-refractivity contribution in [2.75, 3.05) is 31.1 Å². The maximum absolute atomic E-state index is 7.73. The van der Waals surface area contributed by atoms with Gasteiger partial charge in [0.25, 0.3) is 0 Å². The number of hydrogen-bond acceptors (Lipinski definition) is 4. The van der Waals surface area contributed by atoms with E-state index < -0.39 is 0 Å². The third kappa shape index (κ3) is 2.50. The number of nitrogen functional groups attached to an aromatic ring is 1. The summed E-state index contributed by atoms with van der Waals surface area (Å²) in [5, 5.41) is 7.73.